The summed E-state index contributed by atoms with van der Waals surface area (Å²) in [6, 6.07) is 2.25. The molecule has 1 heterocycles. The summed E-state index contributed by atoms with van der Waals surface area (Å²) in [6.45, 7) is 0. The smallest absolute Gasteiger partial charge is 0.262 e. The van der Waals surface area contributed by atoms with Gasteiger partial charge in [0.25, 0.3) is 10.0 Å². The number of sulfonamides is 1. The molecular formula is C10H6BrFN4O4S. The van der Waals surface area contributed by atoms with Crippen molar-refractivity contribution in [3.8, 4) is 0 Å². The number of nitro benzene ring substituents is 1. The molecule has 0 aliphatic rings. The second-order valence-corrected chi connectivity index (χ2v) is 6.20. The SMILES string of the molecule is O=[N+]([O-])c1cc(S(=O)(=O)Nc2cnc(Br)cn2)ccc1F. The monoisotopic (exact) mass is 376 g/mol. The number of nitro groups is 1. The van der Waals surface area contributed by atoms with Crippen molar-refractivity contribution in [2.45, 2.75) is 4.90 Å². The molecule has 110 valence electrons. The zero-order valence-electron chi connectivity index (χ0n) is 10.0. The molecule has 1 aromatic carbocycles. The van der Waals surface area contributed by atoms with E-state index >= 15 is 0 Å². The highest BCUT2D eigenvalue weighted by atomic mass is 79.9. The van der Waals surface area contributed by atoms with E-state index in [2.05, 4.69) is 30.6 Å². The van der Waals surface area contributed by atoms with Gasteiger partial charge in [-0.2, -0.15) is 4.39 Å². The first kappa shape index (κ1) is 15.3. The van der Waals surface area contributed by atoms with Gasteiger partial charge in [0, 0.05) is 6.07 Å². The number of rotatable bonds is 4. The first-order valence-corrected chi connectivity index (χ1v) is 7.51. The molecule has 0 fully saturated rings. The van der Waals surface area contributed by atoms with Crippen molar-refractivity contribution < 1.29 is 17.7 Å². The topological polar surface area (TPSA) is 115 Å². The van der Waals surface area contributed by atoms with Crippen LogP contribution in [0.3, 0.4) is 0 Å². The van der Waals surface area contributed by atoms with Gasteiger partial charge < -0.3 is 0 Å². The van der Waals surface area contributed by atoms with E-state index in [1.165, 1.54) is 6.20 Å². The van der Waals surface area contributed by atoms with Crippen LogP contribution in [0.4, 0.5) is 15.9 Å². The predicted octanol–water partition coefficient (Wildman–Crippen LogP) is 2.09. The third-order valence-electron chi connectivity index (χ3n) is 2.28. The fraction of sp³-hybridized carbons (Fsp3) is 0. The average molecular weight is 377 g/mol. The molecule has 0 radical (unpaired) electrons. The molecule has 0 saturated heterocycles. The van der Waals surface area contributed by atoms with E-state index in [-0.39, 0.29) is 5.82 Å². The maximum absolute atomic E-state index is 13.2. The Hall–Kier alpha value is -2.14. The molecule has 0 atom stereocenters. The first-order chi connectivity index (χ1) is 9.79. The van der Waals surface area contributed by atoms with Gasteiger partial charge in [0.15, 0.2) is 5.82 Å². The van der Waals surface area contributed by atoms with Crippen LogP contribution in [0.15, 0.2) is 40.1 Å². The first-order valence-electron chi connectivity index (χ1n) is 5.24. The zero-order chi connectivity index (χ0) is 15.6. The predicted molar refractivity (Wildman–Crippen MR) is 73.6 cm³/mol. The second-order valence-electron chi connectivity index (χ2n) is 3.70. The van der Waals surface area contributed by atoms with E-state index in [0.29, 0.717) is 16.7 Å². The molecule has 0 unspecified atom stereocenters. The molecule has 0 aliphatic heterocycles. The molecule has 2 aromatic rings. The lowest BCUT2D eigenvalue weighted by Gasteiger charge is -2.07. The van der Waals surface area contributed by atoms with Crippen LogP contribution in [-0.2, 0) is 10.0 Å². The van der Waals surface area contributed by atoms with Crippen molar-refractivity contribution in [1.29, 1.82) is 0 Å². The van der Waals surface area contributed by atoms with Gasteiger partial charge in [0.2, 0.25) is 5.82 Å². The number of benzene rings is 1. The highest BCUT2D eigenvalue weighted by Gasteiger charge is 2.22. The van der Waals surface area contributed by atoms with Gasteiger partial charge in [-0.15, -0.1) is 0 Å². The van der Waals surface area contributed by atoms with Crippen LogP contribution < -0.4 is 4.72 Å². The van der Waals surface area contributed by atoms with Crippen LogP contribution in [0.1, 0.15) is 0 Å². The lowest BCUT2D eigenvalue weighted by molar-refractivity contribution is -0.387. The Kier molecular flexibility index (Phi) is 4.14. The fourth-order valence-corrected chi connectivity index (χ4v) is 2.58. The molecule has 0 bridgehead atoms. The Morgan fingerprint density at radius 1 is 1.29 bits per heavy atom. The van der Waals surface area contributed by atoms with Crippen LogP contribution in [0.5, 0.6) is 0 Å². The van der Waals surface area contributed by atoms with Crippen molar-refractivity contribution in [1.82, 2.24) is 9.97 Å². The summed E-state index contributed by atoms with van der Waals surface area (Å²) in [5, 5.41) is 10.6. The van der Waals surface area contributed by atoms with Gasteiger partial charge in [-0.05, 0) is 28.1 Å². The highest BCUT2D eigenvalue weighted by Crippen LogP contribution is 2.22. The van der Waals surface area contributed by atoms with Gasteiger partial charge in [-0.3, -0.25) is 14.8 Å². The highest BCUT2D eigenvalue weighted by molar-refractivity contribution is 9.10. The van der Waals surface area contributed by atoms with Crippen LogP contribution >= 0.6 is 15.9 Å². The van der Waals surface area contributed by atoms with E-state index in [0.717, 1.165) is 12.3 Å². The number of aromatic nitrogens is 2. The van der Waals surface area contributed by atoms with E-state index < -0.39 is 31.3 Å². The molecule has 0 saturated carbocycles. The molecular weight excluding hydrogens is 371 g/mol. The number of hydrogen-bond donors (Lipinski definition) is 1. The fourth-order valence-electron chi connectivity index (χ4n) is 1.36. The van der Waals surface area contributed by atoms with Gasteiger partial charge in [-0.25, -0.2) is 18.4 Å². The van der Waals surface area contributed by atoms with Crippen LogP contribution in [-0.4, -0.2) is 23.3 Å². The summed E-state index contributed by atoms with van der Waals surface area (Å²) in [5.74, 6) is -1.20. The Morgan fingerprint density at radius 3 is 2.57 bits per heavy atom. The van der Waals surface area contributed by atoms with E-state index in [4.69, 9.17) is 0 Å². The Balaban J connectivity index is 2.38. The Bertz CT molecular complexity index is 797. The summed E-state index contributed by atoms with van der Waals surface area (Å²) in [7, 11) is -4.14. The second kappa shape index (κ2) is 5.69. The van der Waals surface area contributed by atoms with Crippen LogP contribution in [0.25, 0.3) is 0 Å². The third kappa shape index (κ3) is 3.49. The van der Waals surface area contributed by atoms with Crippen molar-refractivity contribution >= 4 is 37.5 Å². The minimum atomic E-state index is -4.14. The minimum Gasteiger partial charge on any atom is -0.262 e. The van der Waals surface area contributed by atoms with Crippen LogP contribution in [0, 0.1) is 15.9 Å². The minimum absolute atomic E-state index is 0.0785. The molecule has 1 aromatic heterocycles. The maximum atomic E-state index is 13.2. The summed E-state index contributed by atoms with van der Waals surface area (Å²) >= 11 is 3.04. The van der Waals surface area contributed by atoms with Gasteiger partial charge in [0.05, 0.1) is 22.2 Å². The van der Waals surface area contributed by atoms with E-state index in [1.807, 2.05) is 0 Å². The molecule has 21 heavy (non-hydrogen) atoms. The molecule has 2 rings (SSSR count). The Morgan fingerprint density at radius 2 is 2.00 bits per heavy atom. The van der Waals surface area contributed by atoms with Crippen molar-refractivity contribution in [3.63, 3.8) is 0 Å². The molecule has 0 amide bonds. The third-order valence-corrected chi connectivity index (χ3v) is 4.05. The number of nitrogens with zero attached hydrogens (tertiary/aromatic N) is 3. The average Bonchev–Trinajstić information content (AvgIpc) is 2.41. The number of halogens is 2. The summed E-state index contributed by atoms with van der Waals surface area (Å²) in [6.07, 6.45) is 2.42. The van der Waals surface area contributed by atoms with Crippen molar-refractivity contribution in [2.75, 3.05) is 4.72 Å². The zero-order valence-corrected chi connectivity index (χ0v) is 12.4. The number of anilines is 1. The van der Waals surface area contributed by atoms with Gasteiger partial charge in [-0.1, -0.05) is 0 Å². The summed E-state index contributed by atoms with van der Waals surface area (Å²) < 4.78 is 39.8. The molecule has 8 nitrogen and oxygen atoms in total. The van der Waals surface area contributed by atoms with Gasteiger partial charge >= 0.3 is 5.69 Å². The Labute approximate surface area is 126 Å². The standard InChI is InChI=1S/C10H6BrFN4O4S/c11-9-4-14-10(5-13-9)15-21(19,20)6-1-2-7(12)8(3-6)16(17)18/h1-5H,(H,14,15). The molecule has 1 N–H and O–H groups in total. The number of hydrogen-bond acceptors (Lipinski definition) is 6. The van der Waals surface area contributed by atoms with Crippen molar-refractivity contribution in [2.24, 2.45) is 0 Å². The summed E-state index contributed by atoms with van der Waals surface area (Å²) in [4.78, 5) is 16.7. The lowest BCUT2D eigenvalue weighted by atomic mass is 10.3. The van der Waals surface area contributed by atoms with E-state index in [9.17, 15) is 22.9 Å². The maximum Gasteiger partial charge on any atom is 0.306 e. The van der Waals surface area contributed by atoms with Crippen molar-refractivity contribution in [3.05, 3.63) is 51.1 Å². The quantitative estimate of drug-likeness (QED) is 0.645. The lowest BCUT2D eigenvalue weighted by Crippen LogP contribution is -2.14. The number of nitrogens with one attached hydrogen (secondary N) is 1. The molecule has 11 heteroatoms. The van der Waals surface area contributed by atoms with Gasteiger partial charge in [0.1, 0.15) is 4.60 Å². The molecule has 0 aliphatic carbocycles. The normalized spacial score (nSPS) is 11.1. The van der Waals surface area contributed by atoms with E-state index in [1.54, 1.807) is 0 Å². The van der Waals surface area contributed by atoms with Crippen LogP contribution in [0.2, 0.25) is 0 Å². The largest absolute Gasteiger partial charge is 0.306 e. The molecule has 0 spiro atoms. The summed E-state index contributed by atoms with van der Waals surface area (Å²) in [5.41, 5.74) is -0.931.